The van der Waals surface area contributed by atoms with Crippen molar-refractivity contribution < 1.29 is 20.1 Å². The first-order valence-electron chi connectivity index (χ1n) is 11.7. The number of rotatable bonds is 4. The second-order valence-electron chi connectivity index (χ2n) is 8.00. The fourth-order valence-electron chi connectivity index (χ4n) is 3.78. The summed E-state index contributed by atoms with van der Waals surface area (Å²) in [6.45, 7) is 0. The average Bonchev–Trinajstić information content (AvgIpc) is 2.99. The van der Waals surface area contributed by atoms with E-state index in [0.29, 0.717) is 5.82 Å². The third kappa shape index (κ3) is 6.92. The molecule has 0 aliphatic heterocycles. The van der Waals surface area contributed by atoms with Crippen LogP contribution >= 0.6 is 0 Å². The molecule has 181 valence electrons. The van der Waals surface area contributed by atoms with Gasteiger partial charge in [0.2, 0.25) is 0 Å². The fourth-order valence-corrected chi connectivity index (χ4v) is 3.78. The summed E-state index contributed by atoms with van der Waals surface area (Å²) in [5.74, 6) is 0.704. The van der Waals surface area contributed by atoms with Gasteiger partial charge < -0.3 is 4.98 Å². The van der Waals surface area contributed by atoms with E-state index in [4.69, 9.17) is 0 Å². The zero-order valence-corrected chi connectivity index (χ0v) is 22.3. The zero-order valence-electron chi connectivity index (χ0n) is 20.0. The van der Waals surface area contributed by atoms with Crippen molar-refractivity contribution in [3.05, 3.63) is 152 Å². The average molecular weight is 654 g/mol. The maximum absolute atomic E-state index is 4.40. The minimum Gasteiger partial charge on any atom is -0.305 e. The third-order valence-corrected chi connectivity index (χ3v) is 5.57. The zero-order chi connectivity index (χ0) is 24.4. The SMILES string of the molecule is [Ir].[c-]1ccc(-c2ccccc2)cc1-c1ncccn1.[c-]1ccccc1-c1cc(-c2ccccc2)ccn1. The molecule has 0 saturated heterocycles. The third-order valence-electron chi connectivity index (χ3n) is 5.57. The fraction of sp³-hybridized carbons (Fsp3) is 0. The molecule has 1 radical (unpaired) electrons. The molecule has 4 aromatic carbocycles. The quantitative estimate of drug-likeness (QED) is 0.182. The van der Waals surface area contributed by atoms with Gasteiger partial charge in [-0.2, -0.15) is 0 Å². The summed E-state index contributed by atoms with van der Waals surface area (Å²) in [5.41, 5.74) is 7.61. The predicted octanol–water partition coefficient (Wildman–Crippen LogP) is 7.82. The second-order valence-corrected chi connectivity index (χ2v) is 8.00. The number of nitrogens with zero attached hydrogens (tertiary/aromatic N) is 3. The summed E-state index contributed by atoms with van der Waals surface area (Å²) < 4.78 is 0. The van der Waals surface area contributed by atoms with Gasteiger partial charge in [-0.3, -0.25) is 9.97 Å². The van der Waals surface area contributed by atoms with Crippen molar-refractivity contribution in [2.24, 2.45) is 0 Å². The molecule has 0 amide bonds. The van der Waals surface area contributed by atoms with E-state index in [1.807, 2.05) is 91.1 Å². The molecule has 0 unspecified atom stereocenters. The Morgan fingerprint density at radius 2 is 1.05 bits per heavy atom. The maximum Gasteiger partial charge on any atom is 0.0748 e. The minimum atomic E-state index is 0. The summed E-state index contributed by atoms with van der Waals surface area (Å²) in [6.07, 6.45) is 5.33. The first-order valence-corrected chi connectivity index (χ1v) is 11.7. The molecule has 0 bridgehead atoms. The van der Waals surface area contributed by atoms with E-state index >= 15 is 0 Å². The van der Waals surface area contributed by atoms with Crippen LogP contribution < -0.4 is 0 Å². The van der Waals surface area contributed by atoms with Gasteiger partial charge in [0.25, 0.3) is 0 Å². The summed E-state index contributed by atoms with van der Waals surface area (Å²) in [7, 11) is 0. The Morgan fingerprint density at radius 3 is 1.70 bits per heavy atom. The van der Waals surface area contributed by atoms with E-state index in [9.17, 15) is 0 Å². The van der Waals surface area contributed by atoms with Gasteiger partial charge in [-0.1, -0.05) is 66.7 Å². The Kier molecular flexibility index (Phi) is 9.20. The Morgan fingerprint density at radius 1 is 0.432 bits per heavy atom. The molecule has 6 rings (SSSR count). The van der Waals surface area contributed by atoms with Crippen LogP contribution in [0.3, 0.4) is 0 Å². The van der Waals surface area contributed by atoms with Crippen molar-refractivity contribution in [3.8, 4) is 44.9 Å². The summed E-state index contributed by atoms with van der Waals surface area (Å²) in [5, 5.41) is 0. The van der Waals surface area contributed by atoms with Gasteiger partial charge in [0.1, 0.15) is 0 Å². The molecule has 4 heteroatoms. The predicted molar refractivity (Wildman–Crippen MR) is 146 cm³/mol. The second kappa shape index (κ2) is 13.2. The molecule has 0 fully saturated rings. The Bertz CT molecular complexity index is 1280. The number of aromatic nitrogens is 3. The van der Waals surface area contributed by atoms with Gasteiger partial charge in [-0.15, -0.1) is 71.3 Å². The van der Waals surface area contributed by atoms with Crippen molar-refractivity contribution in [1.29, 1.82) is 0 Å². The van der Waals surface area contributed by atoms with Crippen LogP contribution in [-0.4, -0.2) is 15.0 Å². The molecule has 37 heavy (non-hydrogen) atoms. The largest absolute Gasteiger partial charge is 0.305 e. The maximum atomic E-state index is 4.40. The van der Waals surface area contributed by atoms with E-state index < -0.39 is 0 Å². The minimum absolute atomic E-state index is 0. The molecule has 6 aromatic rings. The van der Waals surface area contributed by atoms with Crippen molar-refractivity contribution in [3.63, 3.8) is 0 Å². The van der Waals surface area contributed by atoms with Crippen LogP contribution in [0.15, 0.2) is 140 Å². The van der Waals surface area contributed by atoms with Crippen molar-refractivity contribution in [1.82, 2.24) is 15.0 Å². The van der Waals surface area contributed by atoms with E-state index in [-0.39, 0.29) is 20.1 Å². The molecule has 0 N–H and O–H groups in total. The summed E-state index contributed by atoms with van der Waals surface area (Å²) in [6, 6.07) is 46.8. The van der Waals surface area contributed by atoms with Crippen LogP contribution in [0.4, 0.5) is 0 Å². The summed E-state index contributed by atoms with van der Waals surface area (Å²) in [4.78, 5) is 12.9. The van der Waals surface area contributed by atoms with E-state index in [1.54, 1.807) is 12.4 Å². The van der Waals surface area contributed by atoms with Gasteiger partial charge in [0.15, 0.2) is 0 Å². The molecule has 2 heterocycles. The number of hydrogen-bond donors (Lipinski definition) is 0. The Labute approximate surface area is 231 Å². The van der Waals surface area contributed by atoms with E-state index in [1.165, 1.54) is 16.7 Å². The van der Waals surface area contributed by atoms with E-state index in [0.717, 1.165) is 22.4 Å². The van der Waals surface area contributed by atoms with Gasteiger partial charge in [0, 0.05) is 38.7 Å². The molecule has 3 nitrogen and oxygen atoms in total. The normalized spacial score (nSPS) is 9.95. The van der Waals surface area contributed by atoms with Gasteiger partial charge >= 0.3 is 0 Å². The van der Waals surface area contributed by atoms with Crippen LogP contribution in [0.1, 0.15) is 0 Å². The monoisotopic (exact) mass is 654 g/mol. The molecule has 0 atom stereocenters. The summed E-state index contributed by atoms with van der Waals surface area (Å²) >= 11 is 0. The van der Waals surface area contributed by atoms with Gasteiger partial charge in [-0.05, 0) is 34.5 Å². The van der Waals surface area contributed by atoms with Crippen molar-refractivity contribution in [2.75, 3.05) is 0 Å². The van der Waals surface area contributed by atoms with Crippen LogP contribution in [-0.2, 0) is 20.1 Å². The molecule has 0 aliphatic carbocycles. The van der Waals surface area contributed by atoms with Crippen LogP contribution in [0.2, 0.25) is 0 Å². The van der Waals surface area contributed by atoms with Crippen molar-refractivity contribution >= 4 is 0 Å². The molecule has 0 saturated carbocycles. The van der Waals surface area contributed by atoms with Gasteiger partial charge in [-0.25, -0.2) is 0 Å². The van der Waals surface area contributed by atoms with E-state index in [2.05, 4.69) is 63.5 Å². The van der Waals surface area contributed by atoms with Crippen LogP contribution in [0, 0.1) is 12.1 Å². The van der Waals surface area contributed by atoms with Crippen LogP contribution in [0.5, 0.6) is 0 Å². The number of hydrogen-bond acceptors (Lipinski definition) is 3. The van der Waals surface area contributed by atoms with Crippen molar-refractivity contribution in [2.45, 2.75) is 0 Å². The topological polar surface area (TPSA) is 38.7 Å². The number of pyridine rings is 1. The molecule has 0 spiro atoms. The number of benzene rings is 4. The first kappa shape index (κ1) is 25.8. The Balaban J connectivity index is 0.000000168. The smallest absolute Gasteiger partial charge is 0.0748 e. The standard InChI is InChI=1S/C17H12N.C16H11N2.Ir/c1-3-7-14(8-4-1)16-11-12-18-17(13-16)15-9-5-2-6-10-15;1-2-6-13(7-3-1)14-8-4-9-15(12-14)16-17-10-5-11-18-16;/h1-9,11-13H;1-8,10-12H;/q2*-1;. The first-order chi connectivity index (χ1) is 17.9. The van der Waals surface area contributed by atoms with Crippen LogP contribution in [0.25, 0.3) is 44.9 Å². The molecular formula is C33H23IrN3-2. The molecule has 0 aliphatic rings. The Hall–Kier alpha value is -4.24. The molecular weight excluding hydrogens is 631 g/mol. The van der Waals surface area contributed by atoms with Gasteiger partial charge in [0.05, 0.1) is 5.82 Å². The molecule has 2 aromatic heterocycles.